The molecule has 0 unspecified atom stereocenters. The summed E-state index contributed by atoms with van der Waals surface area (Å²) in [6.07, 6.45) is 5.88. The van der Waals surface area contributed by atoms with Crippen LogP contribution in [-0.4, -0.2) is 16.6 Å². The predicted octanol–water partition coefficient (Wildman–Crippen LogP) is 1.23. The molecule has 59 valence electrons. The van der Waals surface area contributed by atoms with Crippen molar-refractivity contribution < 1.29 is 5.11 Å². The number of aryl methyl sites for hydroxylation is 1. The number of rotatable bonds is 4. The first-order valence-electron chi connectivity index (χ1n) is 3.77. The molecule has 0 amide bonds. The van der Waals surface area contributed by atoms with Crippen LogP contribution < -0.4 is 0 Å². The van der Waals surface area contributed by atoms with Gasteiger partial charge in [-0.3, -0.25) is 0 Å². The molecule has 3 nitrogen and oxygen atoms in total. The molecule has 0 bridgehead atoms. The van der Waals surface area contributed by atoms with E-state index in [9.17, 15) is 5.11 Å². The Balaban J connectivity index is 2.28. The van der Waals surface area contributed by atoms with Crippen LogP contribution in [-0.2, 0) is 11.5 Å². The Morgan fingerprint density at radius 1 is 1.18 bits per heavy atom. The molecule has 0 saturated carbocycles. The van der Waals surface area contributed by atoms with Gasteiger partial charge in [0.1, 0.15) is 5.82 Å². The Bertz CT molecular complexity index is 189. The van der Waals surface area contributed by atoms with Gasteiger partial charge < -0.3 is 0 Å². The van der Waals surface area contributed by atoms with E-state index >= 15 is 0 Å². The van der Waals surface area contributed by atoms with Crippen LogP contribution in [0, 0.1) is 0 Å². The van der Waals surface area contributed by atoms with Crippen molar-refractivity contribution in [1.82, 2.24) is 9.97 Å². The molecule has 1 heterocycles. The normalized spacial score (nSPS) is 9.91. The van der Waals surface area contributed by atoms with Crippen LogP contribution in [0.1, 0.15) is 18.7 Å². The van der Waals surface area contributed by atoms with Crippen molar-refractivity contribution in [3.63, 3.8) is 0 Å². The van der Waals surface area contributed by atoms with Crippen LogP contribution in [0.3, 0.4) is 0 Å². The van der Waals surface area contributed by atoms with Crippen LogP contribution in [0.2, 0.25) is 0 Å². The van der Waals surface area contributed by atoms with E-state index in [-0.39, 0.29) is 6.61 Å². The molecule has 1 aromatic heterocycles. The Kier molecular flexibility index (Phi) is 3.55. The van der Waals surface area contributed by atoms with Crippen molar-refractivity contribution in [3.05, 3.63) is 24.3 Å². The highest BCUT2D eigenvalue weighted by Crippen LogP contribution is 1.96. The summed E-state index contributed by atoms with van der Waals surface area (Å²) >= 11 is 0. The van der Waals surface area contributed by atoms with Crippen LogP contribution in [0.15, 0.2) is 18.5 Å². The lowest BCUT2D eigenvalue weighted by Crippen LogP contribution is -1.93. The number of unbranched alkanes of at least 4 members (excludes halogenated alkanes) is 1. The highest BCUT2D eigenvalue weighted by molar-refractivity contribution is 4.88. The van der Waals surface area contributed by atoms with E-state index in [0.29, 0.717) is 0 Å². The maximum absolute atomic E-state index is 10.1. The van der Waals surface area contributed by atoms with Crippen molar-refractivity contribution in [2.24, 2.45) is 0 Å². The van der Waals surface area contributed by atoms with Gasteiger partial charge in [0.05, 0.1) is 6.61 Å². The molecule has 1 aromatic rings. The van der Waals surface area contributed by atoms with Gasteiger partial charge in [0, 0.05) is 18.8 Å². The average molecular weight is 151 g/mol. The van der Waals surface area contributed by atoms with Crippen LogP contribution in [0.25, 0.3) is 0 Å². The van der Waals surface area contributed by atoms with E-state index in [0.717, 1.165) is 25.1 Å². The van der Waals surface area contributed by atoms with Gasteiger partial charge in [-0.1, -0.05) is 0 Å². The summed E-state index contributed by atoms with van der Waals surface area (Å²) in [6.45, 7) is 0.00678. The molecular formula is C8H11N2O. The van der Waals surface area contributed by atoms with Gasteiger partial charge in [-0.15, -0.1) is 0 Å². The SMILES string of the molecule is [O]CCCCc1ncccn1. The minimum Gasteiger partial charge on any atom is -0.241 e. The number of nitrogens with zero attached hydrogens (tertiary/aromatic N) is 2. The second-order valence-electron chi connectivity index (χ2n) is 2.33. The van der Waals surface area contributed by atoms with Crippen molar-refractivity contribution in [2.45, 2.75) is 19.3 Å². The van der Waals surface area contributed by atoms with E-state index in [4.69, 9.17) is 0 Å². The van der Waals surface area contributed by atoms with Crippen molar-refractivity contribution in [1.29, 1.82) is 0 Å². The zero-order valence-electron chi connectivity index (χ0n) is 6.36. The largest absolute Gasteiger partial charge is 0.241 e. The molecule has 0 fully saturated rings. The highest BCUT2D eigenvalue weighted by atomic mass is 16.2. The van der Waals surface area contributed by atoms with E-state index in [1.807, 2.05) is 0 Å². The molecule has 1 radical (unpaired) electrons. The zero-order valence-corrected chi connectivity index (χ0v) is 6.36. The quantitative estimate of drug-likeness (QED) is 0.607. The fourth-order valence-corrected chi connectivity index (χ4v) is 0.844. The molecule has 0 aromatic carbocycles. The second-order valence-corrected chi connectivity index (χ2v) is 2.33. The average Bonchev–Trinajstić information content (AvgIpc) is 2.07. The monoisotopic (exact) mass is 151 g/mol. The third-order valence-electron chi connectivity index (χ3n) is 1.41. The molecule has 0 aliphatic heterocycles. The molecule has 11 heavy (non-hydrogen) atoms. The number of hydrogen-bond acceptors (Lipinski definition) is 2. The van der Waals surface area contributed by atoms with E-state index in [1.54, 1.807) is 18.5 Å². The first kappa shape index (κ1) is 8.14. The van der Waals surface area contributed by atoms with Crippen LogP contribution in [0.4, 0.5) is 0 Å². The van der Waals surface area contributed by atoms with Gasteiger partial charge >= 0.3 is 0 Å². The molecule has 0 atom stereocenters. The smallest absolute Gasteiger partial charge is 0.128 e. The molecule has 0 N–H and O–H groups in total. The standard InChI is InChI=1S/C8H11N2O/c11-7-2-1-4-8-9-5-3-6-10-8/h3,5-6H,1-2,4,7H2. The van der Waals surface area contributed by atoms with E-state index < -0.39 is 0 Å². The third kappa shape index (κ3) is 3.09. The lowest BCUT2D eigenvalue weighted by molar-refractivity contribution is 0.187. The lowest BCUT2D eigenvalue weighted by Gasteiger charge is -1.95. The summed E-state index contributed by atoms with van der Waals surface area (Å²) in [5, 5.41) is 10.1. The van der Waals surface area contributed by atoms with Gasteiger partial charge in [-0.2, -0.15) is 0 Å². The predicted molar refractivity (Wildman–Crippen MR) is 40.5 cm³/mol. The van der Waals surface area contributed by atoms with Crippen molar-refractivity contribution in [2.75, 3.05) is 6.61 Å². The summed E-state index contributed by atoms with van der Waals surface area (Å²) in [6, 6.07) is 1.79. The summed E-state index contributed by atoms with van der Waals surface area (Å²) in [4.78, 5) is 8.07. The first-order chi connectivity index (χ1) is 5.43. The maximum Gasteiger partial charge on any atom is 0.128 e. The maximum atomic E-state index is 10.1. The number of aromatic nitrogens is 2. The van der Waals surface area contributed by atoms with Gasteiger partial charge in [0.2, 0.25) is 0 Å². The fourth-order valence-electron chi connectivity index (χ4n) is 0.844. The van der Waals surface area contributed by atoms with Crippen LogP contribution >= 0.6 is 0 Å². The molecule has 0 aliphatic carbocycles. The molecule has 1 rings (SSSR count). The molecule has 3 heteroatoms. The molecular weight excluding hydrogens is 140 g/mol. The van der Waals surface area contributed by atoms with E-state index in [2.05, 4.69) is 9.97 Å². The summed E-state index contributed by atoms with van der Waals surface area (Å²) < 4.78 is 0. The Labute approximate surface area is 66.1 Å². The second kappa shape index (κ2) is 4.79. The minimum atomic E-state index is 0.00678. The van der Waals surface area contributed by atoms with Crippen molar-refractivity contribution >= 4 is 0 Å². The van der Waals surface area contributed by atoms with Gasteiger partial charge in [0.25, 0.3) is 0 Å². The summed E-state index contributed by atoms with van der Waals surface area (Å²) in [5.41, 5.74) is 0. The number of hydrogen-bond donors (Lipinski definition) is 0. The molecule has 0 saturated heterocycles. The minimum absolute atomic E-state index is 0.00678. The lowest BCUT2D eigenvalue weighted by atomic mass is 10.2. The van der Waals surface area contributed by atoms with Crippen molar-refractivity contribution in [3.8, 4) is 0 Å². The highest BCUT2D eigenvalue weighted by Gasteiger charge is 1.93. The van der Waals surface area contributed by atoms with Crippen LogP contribution in [0.5, 0.6) is 0 Å². The molecule has 0 aliphatic rings. The molecule has 0 spiro atoms. The first-order valence-corrected chi connectivity index (χ1v) is 3.77. The Morgan fingerprint density at radius 3 is 2.55 bits per heavy atom. The third-order valence-corrected chi connectivity index (χ3v) is 1.41. The van der Waals surface area contributed by atoms with E-state index in [1.165, 1.54) is 0 Å². The topological polar surface area (TPSA) is 45.7 Å². The Hall–Kier alpha value is -0.960. The van der Waals surface area contributed by atoms with Gasteiger partial charge in [-0.25, -0.2) is 15.1 Å². The fraction of sp³-hybridized carbons (Fsp3) is 0.500. The zero-order chi connectivity index (χ0) is 7.94. The Morgan fingerprint density at radius 2 is 1.91 bits per heavy atom. The summed E-state index contributed by atoms with van der Waals surface area (Å²) in [7, 11) is 0. The van der Waals surface area contributed by atoms with Gasteiger partial charge in [0.15, 0.2) is 0 Å². The van der Waals surface area contributed by atoms with Gasteiger partial charge in [-0.05, 0) is 18.9 Å². The summed E-state index contributed by atoms with van der Waals surface area (Å²) in [5.74, 6) is 0.834.